The molecule has 1 N–H and O–H groups in total. The lowest BCUT2D eigenvalue weighted by Crippen LogP contribution is -2.40. The lowest BCUT2D eigenvalue weighted by atomic mass is 9.84. The van der Waals surface area contributed by atoms with Gasteiger partial charge in [0.05, 0.1) is 11.1 Å². The second kappa shape index (κ2) is 5.38. The Morgan fingerprint density at radius 2 is 2.09 bits per heavy atom. The zero-order valence-corrected chi connectivity index (χ0v) is 13.0. The topological polar surface area (TPSA) is 42.0 Å². The van der Waals surface area contributed by atoms with E-state index in [9.17, 15) is 4.79 Å². The van der Waals surface area contributed by atoms with Crippen molar-refractivity contribution in [2.45, 2.75) is 38.6 Å². The Morgan fingerprint density at radius 1 is 1.23 bits per heavy atom. The van der Waals surface area contributed by atoms with Crippen LogP contribution in [0, 0.1) is 17.8 Å². The van der Waals surface area contributed by atoms with Crippen LogP contribution in [0.4, 0.5) is 0 Å². The fraction of sp³-hybridized carbons (Fsp3) is 0.474. The first-order chi connectivity index (χ1) is 10.7. The summed E-state index contributed by atoms with van der Waals surface area (Å²) in [5, 5.41) is 4.18. The molecular weight excluding hydrogens is 272 g/mol. The predicted octanol–water partition coefficient (Wildman–Crippen LogP) is 3.79. The normalized spacial score (nSPS) is 28.0. The van der Waals surface area contributed by atoms with Crippen molar-refractivity contribution in [3.05, 3.63) is 42.1 Å². The van der Waals surface area contributed by atoms with Crippen LogP contribution in [-0.4, -0.2) is 16.9 Å². The maximum Gasteiger partial charge on any atom is 0.252 e. The van der Waals surface area contributed by atoms with Gasteiger partial charge in [0.15, 0.2) is 0 Å². The summed E-state index contributed by atoms with van der Waals surface area (Å²) >= 11 is 0. The van der Waals surface area contributed by atoms with Gasteiger partial charge in [0.25, 0.3) is 5.91 Å². The molecular formula is C19H22N2O. The Kier molecular flexibility index (Phi) is 3.36. The van der Waals surface area contributed by atoms with Gasteiger partial charge in [0.1, 0.15) is 0 Å². The molecule has 0 aliphatic heterocycles. The van der Waals surface area contributed by atoms with E-state index >= 15 is 0 Å². The number of amides is 1. The lowest BCUT2D eigenvalue weighted by molar-refractivity contribution is 0.0917. The maximum absolute atomic E-state index is 12.7. The summed E-state index contributed by atoms with van der Waals surface area (Å²) in [7, 11) is 0. The Morgan fingerprint density at radius 3 is 2.86 bits per heavy atom. The van der Waals surface area contributed by atoms with Crippen molar-refractivity contribution in [3.8, 4) is 0 Å². The van der Waals surface area contributed by atoms with E-state index in [1.54, 1.807) is 6.20 Å². The number of carbonyl (C=O) groups is 1. The fourth-order valence-electron chi connectivity index (χ4n) is 4.59. The third-order valence-corrected chi connectivity index (χ3v) is 5.69. The number of fused-ring (bicyclic) bond motifs is 3. The molecule has 114 valence electrons. The van der Waals surface area contributed by atoms with Gasteiger partial charge in [-0.3, -0.25) is 9.78 Å². The standard InChI is InChI=1S/C19H22N2O/c1-12(17-11-13-6-7-14(17)10-13)21-19(22)16-8-9-20-18-5-3-2-4-15(16)18/h2-5,8-9,12-14,17H,6-7,10-11H2,1H3,(H,21,22). The third kappa shape index (κ3) is 2.29. The first kappa shape index (κ1) is 13.7. The quantitative estimate of drug-likeness (QED) is 0.935. The number of carbonyl (C=O) groups excluding carboxylic acids is 1. The number of nitrogens with zero attached hydrogens (tertiary/aromatic N) is 1. The van der Waals surface area contributed by atoms with E-state index in [4.69, 9.17) is 0 Å². The third-order valence-electron chi connectivity index (χ3n) is 5.69. The molecule has 4 rings (SSSR count). The van der Waals surface area contributed by atoms with E-state index in [0.29, 0.717) is 5.92 Å². The molecule has 22 heavy (non-hydrogen) atoms. The van der Waals surface area contributed by atoms with Gasteiger partial charge in [-0.05, 0) is 56.1 Å². The molecule has 0 radical (unpaired) electrons. The van der Waals surface area contributed by atoms with Crippen molar-refractivity contribution in [2.75, 3.05) is 0 Å². The lowest BCUT2D eigenvalue weighted by Gasteiger charge is -2.28. The zero-order valence-electron chi connectivity index (χ0n) is 13.0. The molecule has 3 heteroatoms. The highest BCUT2D eigenvalue weighted by atomic mass is 16.1. The summed E-state index contributed by atoms with van der Waals surface area (Å²) in [6.07, 6.45) is 7.15. The molecule has 4 unspecified atom stereocenters. The Bertz CT molecular complexity index is 706. The van der Waals surface area contributed by atoms with Gasteiger partial charge < -0.3 is 5.32 Å². The second-order valence-electron chi connectivity index (χ2n) is 6.98. The van der Waals surface area contributed by atoms with Crippen LogP contribution in [0.15, 0.2) is 36.5 Å². The summed E-state index contributed by atoms with van der Waals surface area (Å²) in [6, 6.07) is 9.92. The Balaban J connectivity index is 1.54. The van der Waals surface area contributed by atoms with Gasteiger partial charge in [-0.1, -0.05) is 24.6 Å². The van der Waals surface area contributed by atoms with Crippen molar-refractivity contribution in [1.29, 1.82) is 0 Å². The van der Waals surface area contributed by atoms with Crippen LogP contribution in [0.2, 0.25) is 0 Å². The van der Waals surface area contributed by atoms with Gasteiger partial charge in [0.2, 0.25) is 0 Å². The SMILES string of the molecule is CC(NC(=O)c1ccnc2ccccc12)C1CC2CCC1C2. The van der Waals surface area contributed by atoms with E-state index in [1.165, 1.54) is 25.7 Å². The van der Waals surface area contributed by atoms with Gasteiger partial charge >= 0.3 is 0 Å². The number of rotatable bonds is 3. The van der Waals surface area contributed by atoms with Crippen LogP contribution >= 0.6 is 0 Å². The predicted molar refractivity (Wildman–Crippen MR) is 87.6 cm³/mol. The monoisotopic (exact) mass is 294 g/mol. The van der Waals surface area contributed by atoms with Crippen LogP contribution in [0.25, 0.3) is 10.9 Å². The summed E-state index contributed by atoms with van der Waals surface area (Å²) in [5.41, 5.74) is 1.61. The summed E-state index contributed by atoms with van der Waals surface area (Å²) in [4.78, 5) is 17.0. The minimum Gasteiger partial charge on any atom is -0.349 e. The number of hydrogen-bond donors (Lipinski definition) is 1. The molecule has 1 aromatic heterocycles. The van der Waals surface area contributed by atoms with Crippen molar-refractivity contribution in [3.63, 3.8) is 0 Å². The summed E-state index contributed by atoms with van der Waals surface area (Å²) in [6.45, 7) is 2.17. The van der Waals surface area contributed by atoms with Gasteiger partial charge in [-0.25, -0.2) is 0 Å². The minimum absolute atomic E-state index is 0.0360. The van der Waals surface area contributed by atoms with Crippen molar-refractivity contribution < 1.29 is 4.79 Å². The average Bonchev–Trinajstić information content (AvgIpc) is 3.17. The zero-order chi connectivity index (χ0) is 15.1. The number of hydrogen-bond acceptors (Lipinski definition) is 2. The molecule has 2 aliphatic rings. The largest absolute Gasteiger partial charge is 0.349 e. The molecule has 3 nitrogen and oxygen atoms in total. The Hall–Kier alpha value is -1.90. The van der Waals surface area contributed by atoms with E-state index in [2.05, 4.69) is 17.2 Å². The highest BCUT2D eigenvalue weighted by Crippen LogP contribution is 2.49. The number of benzene rings is 1. The molecule has 2 aromatic rings. The van der Waals surface area contributed by atoms with Crippen molar-refractivity contribution in [2.24, 2.45) is 17.8 Å². The van der Waals surface area contributed by atoms with Crippen LogP contribution in [0.5, 0.6) is 0 Å². The van der Waals surface area contributed by atoms with Crippen LogP contribution in [0.1, 0.15) is 43.0 Å². The molecule has 0 saturated heterocycles. The van der Waals surface area contributed by atoms with Crippen molar-refractivity contribution in [1.82, 2.24) is 10.3 Å². The molecule has 0 spiro atoms. The van der Waals surface area contributed by atoms with Crippen LogP contribution in [0.3, 0.4) is 0 Å². The van der Waals surface area contributed by atoms with Crippen molar-refractivity contribution >= 4 is 16.8 Å². The van der Waals surface area contributed by atoms with E-state index < -0.39 is 0 Å². The highest BCUT2D eigenvalue weighted by molar-refractivity contribution is 6.06. The smallest absolute Gasteiger partial charge is 0.252 e. The number of pyridine rings is 1. The summed E-state index contributed by atoms with van der Waals surface area (Å²) in [5.74, 6) is 2.44. The average molecular weight is 294 g/mol. The van der Waals surface area contributed by atoms with Gasteiger partial charge in [0, 0.05) is 17.6 Å². The second-order valence-corrected chi connectivity index (χ2v) is 6.98. The maximum atomic E-state index is 12.7. The van der Waals surface area contributed by atoms with E-state index in [0.717, 1.165) is 28.3 Å². The highest BCUT2D eigenvalue weighted by Gasteiger charge is 2.42. The molecule has 2 saturated carbocycles. The molecule has 1 heterocycles. The molecule has 1 amide bonds. The van der Waals surface area contributed by atoms with Crippen LogP contribution in [-0.2, 0) is 0 Å². The molecule has 2 aliphatic carbocycles. The van der Waals surface area contributed by atoms with Gasteiger partial charge in [-0.2, -0.15) is 0 Å². The van der Waals surface area contributed by atoms with E-state index in [-0.39, 0.29) is 11.9 Å². The molecule has 2 bridgehead atoms. The number of nitrogens with one attached hydrogen (secondary N) is 1. The van der Waals surface area contributed by atoms with Gasteiger partial charge in [-0.15, -0.1) is 0 Å². The molecule has 2 fully saturated rings. The first-order valence-electron chi connectivity index (χ1n) is 8.37. The fourth-order valence-corrected chi connectivity index (χ4v) is 4.59. The van der Waals surface area contributed by atoms with E-state index in [1.807, 2.05) is 30.3 Å². The molecule has 1 aromatic carbocycles. The molecule has 4 atom stereocenters. The Labute approximate surface area is 131 Å². The first-order valence-corrected chi connectivity index (χ1v) is 8.37. The number of para-hydroxylation sites is 1. The number of aromatic nitrogens is 1. The summed E-state index contributed by atoms with van der Waals surface area (Å²) < 4.78 is 0. The van der Waals surface area contributed by atoms with Crippen LogP contribution < -0.4 is 5.32 Å². The minimum atomic E-state index is 0.0360.